The van der Waals surface area contributed by atoms with E-state index in [4.69, 9.17) is 8.76 Å². The molecule has 26 heavy (non-hydrogen) atoms. The number of hydrogen-bond acceptors (Lipinski definition) is 5. The molecule has 0 spiro atoms. The molecule has 3 N–H and O–H groups in total. The first kappa shape index (κ1) is 19.9. The normalized spacial score (nSPS) is 33.7. The number of likely N-dealkylation sites (N-methyl/N-ethyl adjacent to an activating group) is 1. The highest BCUT2D eigenvalue weighted by atomic mass is 32.2. The first-order valence-corrected chi connectivity index (χ1v) is 10.7. The lowest BCUT2D eigenvalue weighted by Gasteiger charge is -2.51. The molecule has 4 rings (SSSR count). The largest absolute Gasteiger partial charge is 0.760 e. The van der Waals surface area contributed by atoms with Gasteiger partial charge in [0.1, 0.15) is 0 Å². The smallest absolute Gasteiger partial charge is 0.0376 e. The van der Waals surface area contributed by atoms with Gasteiger partial charge in [0.2, 0.25) is 0 Å². The maximum atomic E-state index is 8.78. The highest BCUT2D eigenvalue weighted by Gasteiger charge is 2.41. The van der Waals surface area contributed by atoms with Crippen LogP contribution in [0.15, 0.2) is 30.3 Å². The molecule has 0 amide bonds. The molecule has 7 heteroatoms. The van der Waals surface area contributed by atoms with Gasteiger partial charge in [-0.25, -0.2) is 0 Å². The van der Waals surface area contributed by atoms with Crippen molar-refractivity contribution in [3.8, 4) is 0 Å². The quantitative estimate of drug-likeness (QED) is 0.764. The van der Waals surface area contributed by atoms with E-state index in [1.54, 1.807) is 0 Å². The number of benzene rings is 1. The summed E-state index contributed by atoms with van der Waals surface area (Å²) in [7, 11) is 2.24. The molecule has 3 unspecified atom stereocenters. The zero-order chi connectivity index (χ0) is 18.7. The van der Waals surface area contributed by atoms with Gasteiger partial charge in [-0.15, -0.1) is 0 Å². The fraction of sp³-hybridized carbons (Fsp3) is 0.684. The lowest BCUT2D eigenvalue weighted by atomic mass is 9.94. The van der Waals surface area contributed by atoms with Crippen LogP contribution in [0.4, 0.5) is 0 Å². The molecular formula is C19H31N4O2S-. The van der Waals surface area contributed by atoms with Crippen molar-refractivity contribution in [2.24, 2.45) is 5.14 Å². The maximum Gasteiger partial charge on any atom is 0.0376 e. The zero-order valence-electron chi connectivity index (χ0n) is 15.7. The Bertz CT molecular complexity index is 590. The van der Waals surface area contributed by atoms with Crippen molar-refractivity contribution < 1.29 is 8.76 Å². The predicted octanol–water partition coefficient (Wildman–Crippen LogP) is 1.04. The number of piperidine rings is 1. The standard InChI is InChI=1S/C19H29N3.H3NO2S/c1-14-19(13-21(14)2)22-10-8-16(9-11-22)20-18-12-17(18)15-6-4-3-5-7-15;1-4(2)3/h3-7,14,16-20H,8-13H2,1-2H3;1H2,(H,2,3)/p-1/t14?,17-,18+,19?;/m0./s1. The van der Waals surface area contributed by atoms with E-state index in [9.17, 15) is 0 Å². The van der Waals surface area contributed by atoms with Gasteiger partial charge < -0.3 is 14.8 Å². The van der Waals surface area contributed by atoms with Gasteiger partial charge in [0.25, 0.3) is 0 Å². The van der Waals surface area contributed by atoms with E-state index in [0.717, 1.165) is 30.1 Å². The minimum Gasteiger partial charge on any atom is -0.760 e. The Labute approximate surface area is 159 Å². The lowest BCUT2D eigenvalue weighted by Crippen LogP contribution is -2.65. The van der Waals surface area contributed by atoms with Gasteiger partial charge in [-0.05, 0) is 38.8 Å². The van der Waals surface area contributed by atoms with Crippen LogP contribution in [0.25, 0.3) is 0 Å². The van der Waals surface area contributed by atoms with E-state index in [-0.39, 0.29) is 0 Å². The van der Waals surface area contributed by atoms with Gasteiger partial charge in [0.05, 0.1) is 0 Å². The lowest BCUT2D eigenvalue weighted by molar-refractivity contribution is -0.0146. The van der Waals surface area contributed by atoms with Crippen molar-refractivity contribution in [3.63, 3.8) is 0 Å². The fourth-order valence-corrected chi connectivity index (χ4v) is 4.34. The molecule has 0 radical (unpaired) electrons. The fourth-order valence-electron chi connectivity index (χ4n) is 4.34. The van der Waals surface area contributed by atoms with Gasteiger partial charge in [0, 0.05) is 61.0 Å². The van der Waals surface area contributed by atoms with E-state index in [1.165, 1.54) is 44.5 Å². The number of nitrogens with zero attached hydrogens (tertiary/aromatic N) is 2. The summed E-state index contributed by atoms with van der Waals surface area (Å²) in [5.41, 5.74) is 1.52. The highest BCUT2D eigenvalue weighted by Crippen LogP contribution is 2.41. The van der Waals surface area contributed by atoms with Crippen molar-refractivity contribution in [3.05, 3.63) is 35.9 Å². The van der Waals surface area contributed by atoms with Crippen LogP contribution in [0.2, 0.25) is 0 Å². The molecule has 3 aliphatic rings. The summed E-state index contributed by atoms with van der Waals surface area (Å²) in [6.45, 7) is 6.19. The Balaban J connectivity index is 0.000000447. The van der Waals surface area contributed by atoms with Crippen molar-refractivity contribution in [2.45, 2.75) is 56.3 Å². The first-order chi connectivity index (χ1) is 12.5. The highest BCUT2D eigenvalue weighted by molar-refractivity contribution is 7.76. The number of nitrogens with one attached hydrogen (secondary N) is 1. The molecule has 5 atom stereocenters. The Kier molecular flexibility index (Phi) is 6.82. The average Bonchev–Trinajstić information content (AvgIpc) is 3.40. The molecule has 0 bridgehead atoms. The Morgan fingerprint density at radius 1 is 1.23 bits per heavy atom. The summed E-state index contributed by atoms with van der Waals surface area (Å²) in [5.74, 6) is 0.763. The third kappa shape index (κ3) is 5.12. The molecule has 0 aromatic heterocycles. The molecule has 1 aromatic rings. The molecule has 2 saturated heterocycles. The van der Waals surface area contributed by atoms with Gasteiger partial charge in [-0.2, -0.15) is 0 Å². The van der Waals surface area contributed by atoms with Crippen LogP contribution >= 0.6 is 0 Å². The van der Waals surface area contributed by atoms with E-state index in [0.29, 0.717) is 0 Å². The number of nitrogens with two attached hydrogens (primary N) is 1. The summed E-state index contributed by atoms with van der Waals surface area (Å²) >= 11 is -2.36. The zero-order valence-corrected chi connectivity index (χ0v) is 16.5. The summed E-state index contributed by atoms with van der Waals surface area (Å²) in [6, 6.07) is 14.0. The van der Waals surface area contributed by atoms with Crippen LogP contribution in [0.5, 0.6) is 0 Å². The molecule has 3 fully saturated rings. The number of likely N-dealkylation sites (tertiary alicyclic amines) is 2. The molecule has 146 valence electrons. The van der Waals surface area contributed by atoms with Crippen LogP contribution in [0, 0.1) is 0 Å². The van der Waals surface area contributed by atoms with Crippen LogP contribution in [-0.4, -0.2) is 69.4 Å². The number of hydrogen-bond donors (Lipinski definition) is 2. The van der Waals surface area contributed by atoms with E-state index in [2.05, 4.69) is 64.6 Å². The Morgan fingerprint density at radius 2 is 1.85 bits per heavy atom. The van der Waals surface area contributed by atoms with Crippen molar-refractivity contribution in [1.82, 2.24) is 15.1 Å². The van der Waals surface area contributed by atoms with E-state index in [1.807, 2.05) is 0 Å². The molecule has 1 aromatic carbocycles. The van der Waals surface area contributed by atoms with E-state index >= 15 is 0 Å². The van der Waals surface area contributed by atoms with Crippen LogP contribution in [-0.2, 0) is 11.3 Å². The van der Waals surface area contributed by atoms with Gasteiger partial charge >= 0.3 is 0 Å². The topological polar surface area (TPSA) is 84.7 Å². The van der Waals surface area contributed by atoms with Crippen LogP contribution < -0.4 is 10.5 Å². The molecule has 6 nitrogen and oxygen atoms in total. The van der Waals surface area contributed by atoms with Crippen LogP contribution in [0.3, 0.4) is 0 Å². The van der Waals surface area contributed by atoms with Crippen molar-refractivity contribution in [1.29, 1.82) is 0 Å². The number of rotatable bonds is 4. The van der Waals surface area contributed by atoms with Gasteiger partial charge in [-0.1, -0.05) is 30.3 Å². The summed E-state index contributed by atoms with van der Waals surface area (Å²) in [6.07, 6.45) is 3.98. The molecular weight excluding hydrogens is 348 g/mol. The van der Waals surface area contributed by atoms with Crippen molar-refractivity contribution >= 4 is 11.3 Å². The Hall–Kier alpha value is -0.830. The van der Waals surface area contributed by atoms with Crippen molar-refractivity contribution in [2.75, 3.05) is 26.7 Å². The minimum absolute atomic E-state index is 0.729. The third-order valence-electron chi connectivity index (χ3n) is 6.19. The maximum absolute atomic E-state index is 8.78. The van der Waals surface area contributed by atoms with Gasteiger partial charge in [0.15, 0.2) is 0 Å². The van der Waals surface area contributed by atoms with Crippen LogP contribution in [0.1, 0.15) is 37.7 Å². The first-order valence-electron chi connectivity index (χ1n) is 9.54. The van der Waals surface area contributed by atoms with Gasteiger partial charge in [-0.3, -0.25) is 14.2 Å². The predicted molar refractivity (Wildman–Crippen MR) is 104 cm³/mol. The second-order valence-electron chi connectivity index (χ2n) is 7.84. The molecule has 1 saturated carbocycles. The Morgan fingerprint density at radius 3 is 2.38 bits per heavy atom. The molecule has 2 aliphatic heterocycles. The summed E-state index contributed by atoms with van der Waals surface area (Å²) in [4.78, 5) is 5.19. The average molecular weight is 380 g/mol. The molecule has 2 heterocycles. The monoisotopic (exact) mass is 379 g/mol. The summed E-state index contributed by atoms with van der Waals surface area (Å²) < 4.78 is 17.6. The minimum atomic E-state index is -2.36. The summed E-state index contributed by atoms with van der Waals surface area (Å²) in [5, 5.41) is 7.95. The van der Waals surface area contributed by atoms with E-state index < -0.39 is 11.3 Å². The second-order valence-corrected chi connectivity index (χ2v) is 8.37. The molecule has 1 aliphatic carbocycles. The third-order valence-corrected chi connectivity index (χ3v) is 6.19. The SMILES string of the molecule is CC1C(N2CCC(N[C@@H]3C[C@H]3c3ccccc3)CC2)CN1C.NS(=O)[O-]. The second kappa shape index (κ2) is 8.91.